The molecule has 1 aromatic rings. The van der Waals surface area contributed by atoms with Gasteiger partial charge in [0.2, 0.25) is 0 Å². The summed E-state index contributed by atoms with van der Waals surface area (Å²) in [5, 5.41) is 0. The Morgan fingerprint density at radius 1 is 1.18 bits per heavy atom. The molecule has 0 saturated heterocycles. The summed E-state index contributed by atoms with van der Waals surface area (Å²) in [7, 11) is 0. The molecule has 0 spiro atoms. The molecule has 56 valence electrons. The van der Waals surface area contributed by atoms with Gasteiger partial charge in [0.05, 0.1) is 0 Å². The van der Waals surface area contributed by atoms with E-state index in [4.69, 9.17) is 11.6 Å². The first kappa shape index (κ1) is 14.3. The Labute approximate surface area is 99.2 Å². The minimum atomic E-state index is 0. The van der Waals surface area contributed by atoms with Gasteiger partial charge in [0.15, 0.2) is 0 Å². The third kappa shape index (κ3) is 5.97. The number of hydrogen-bond donors (Lipinski definition) is 0. The van der Waals surface area contributed by atoms with Crippen LogP contribution in [0.15, 0.2) is 30.3 Å². The van der Waals surface area contributed by atoms with Crippen LogP contribution >= 0.6 is 11.6 Å². The first-order valence-electron chi connectivity index (χ1n) is 2.89. The Morgan fingerprint density at radius 3 is 2.18 bits per heavy atom. The maximum atomic E-state index is 5.41. The fraction of sp³-hybridized carbons (Fsp3) is 0.125. The van der Waals surface area contributed by atoms with E-state index in [-0.39, 0.29) is 40.0 Å². The van der Waals surface area contributed by atoms with Gasteiger partial charge in [0.25, 0.3) is 0 Å². The van der Waals surface area contributed by atoms with E-state index in [2.05, 4.69) is 12.1 Å². The summed E-state index contributed by atoms with van der Waals surface area (Å²) in [6.45, 7) is 0. The van der Waals surface area contributed by atoms with Gasteiger partial charge in [-0.15, -0.1) is 6.42 Å². The van der Waals surface area contributed by atoms with Gasteiger partial charge in [-0.1, -0.05) is 35.9 Å². The second kappa shape index (κ2) is 8.85. The molecule has 11 heavy (non-hydrogen) atoms. The van der Waals surface area contributed by atoms with Gasteiger partial charge in [-0.2, -0.15) is 0 Å². The maximum absolute atomic E-state index is 5.41. The van der Waals surface area contributed by atoms with E-state index < -0.39 is 0 Å². The van der Waals surface area contributed by atoms with Gasteiger partial charge in [0.1, 0.15) is 0 Å². The van der Waals surface area contributed by atoms with Gasteiger partial charge in [-0.05, 0) is 0 Å². The van der Waals surface area contributed by atoms with Crippen LogP contribution < -0.4 is 17.0 Å². The first-order chi connectivity index (χ1) is 4.43. The van der Waals surface area contributed by atoms with E-state index in [0.29, 0.717) is 0 Å². The molecule has 0 bridgehead atoms. The average Bonchev–Trinajstić information content (AvgIpc) is 1.91. The predicted molar refractivity (Wildman–Crippen MR) is 46.1 cm³/mol. The van der Waals surface area contributed by atoms with Crippen molar-refractivity contribution in [3.8, 4) is 0 Å². The molecule has 0 N–H and O–H groups in total. The van der Waals surface area contributed by atoms with Crippen LogP contribution in [0.1, 0.15) is 5.56 Å². The molecule has 0 unspecified atom stereocenters. The van der Waals surface area contributed by atoms with Crippen molar-refractivity contribution in [3.05, 3.63) is 41.8 Å². The van der Waals surface area contributed by atoms with Crippen molar-refractivity contribution >= 4 is 34.7 Å². The molecule has 0 aliphatic carbocycles. The summed E-state index contributed by atoms with van der Waals surface area (Å²) in [5.74, 6) is 1.63. The predicted octanol–water partition coefficient (Wildman–Crippen LogP) is -0.747. The van der Waals surface area contributed by atoms with Crippen LogP contribution in [-0.2, 0) is 6.42 Å². The van der Waals surface area contributed by atoms with Crippen molar-refractivity contribution in [2.75, 3.05) is 0 Å². The molecule has 1 rings (SSSR count). The van der Waals surface area contributed by atoms with E-state index >= 15 is 0 Å². The zero-order valence-electron chi connectivity index (χ0n) is 6.13. The van der Waals surface area contributed by atoms with E-state index in [9.17, 15) is 0 Å². The third-order valence-corrected chi connectivity index (χ3v) is 1.31. The van der Waals surface area contributed by atoms with E-state index in [1.165, 1.54) is 5.56 Å². The molecule has 0 amide bonds. The number of benzene rings is 1. The van der Waals surface area contributed by atoms with Crippen molar-refractivity contribution in [1.82, 2.24) is 0 Å². The minimum Gasteiger partial charge on any atom is -1.00 e. The molecule has 0 aliphatic rings. The molecule has 0 fully saturated rings. The molecular formula is C8H8BrClMg. The smallest absolute Gasteiger partial charge is 1.00 e. The zero-order valence-corrected chi connectivity index (χ0v) is 9.89. The van der Waals surface area contributed by atoms with Crippen molar-refractivity contribution in [2.45, 2.75) is 6.42 Å². The van der Waals surface area contributed by atoms with Crippen LogP contribution in [-0.4, -0.2) is 23.1 Å². The van der Waals surface area contributed by atoms with E-state index in [1.54, 1.807) is 5.88 Å². The SMILES string of the molecule is Cl[CH-]Cc1ccccc1.[Br-].[Mg+2]. The van der Waals surface area contributed by atoms with Gasteiger partial charge in [-0.25, -0.2) is 5.88 Å². The average molecular weight is 244 g/mol. The van der Waals surface area contributed by atoms with E-state index in [1.807, 2.05) is 18.2 Å². The summed E-state index contributed by atoms with van der Waals surface area (Å²) in [5.41, 5.74) is 1.26. The molecule has 0 atom stereocenters. The largest absolute Gasteiger partial charge is 2.00 e. The van der Waals surface area contributed by atoms with Crippen LogP contribution in [0.3, 0.4) is 0 Å². The number of rotatable bonds is 2. The Balaban J connectivity index is 0. The number of halogens is 2. The Morgan fingerprint density at radius 2 is 1.73 bits per heavy atom. The van der Waals surface area contributed by atoms with Crippen molar-refractivity contribution in [1.29, 1.82) is 0 Å². The topological polar surface area (TPSA) is 0 Å². The Bertz CT molecular complexity index is 167. The van der Waals surface area contributed by atoms with Crippen LogP contribution in [0, 0.1) is 5.88 Å². The van der Waals surface area contributed by atoms with Crippen molar-refractivity contribution in [3.63, 3.8) is 0 Å². The van der Waals surface area contributed by atoms with Crippen LogP contribution in [0.4, 0.5) is 0 Å². The number of hydrogen-bond acceptors (Lipinski definition) is 0. The molecule has 0 heterocycles. The molecule has 0 aliphatic heterocycles. The Kier molecular flexibility index (Phi) is 11.5. The molecule has 0 nitrogen and oxygen atoms in total. The monoisotopic (exact) mass is 242 g/mol. The van der Waals surface area contributed by atoms with Gasteiger partial charge in [-0.3, -0.25) is 0 Å². The fourth-order valence-electron chi connectivity index (χ4n) is 0.703. The molecule has 1 aromatic carbocycles. The molecule has 0 radical (unpaired) electrons. The molecule has 0 saturated carbocycles. The Hall–Kier alpha value is 0.756. The summed E-state index contributed by atoms with van der Waals surface area (Å²) >= 11 is 5.41. The fourth-order valence-corrected chi connectivity index (χ4v) is 0.881. The van der Waals surface area contributed by atoms with Crippen LogP contribution in [0.2, 0.25) is 0 Å². The van der Waals surface area contributed by atoms with E-state index in [0.717, 1.165) is 6.42 Å². The summed E-state index contributed by atoms with van der Waals surface area (Å²) in [4.78, 5) is 0. The molecule has 3 heteroatoms. The molecule has 0 aromatic heterocycles. The van der Waals surface area contributed by atoms with Gasteiger partial charge < -0.3 is 28.6 Å². The second-order valence-corrected chi connectivity index (χ2v) is 2.15. The normalized spacial score (nSPS) is 7.73. The summed E-state index contributed by atoms with van der Waals surface area (Å²) in [6, 6.07) is 10.1. The first-order valence-corrected chi connectivity index (χ1v) is 3.33. The standard InChI is InChI=1S/C8H8Cl.BrH.Mg/c9-7-6-8-4-2-1-3-5-8;;/h1-5,7H,6H2;1H;/q-1;;+2/p-1. The summed E-state index contributed by atoms with van der Waals surface area (Å²) in [6.07, 6.45) is 0.850. The van der Waals surface area contributed by atoms with Crippen molar-refractivity contribution in [2.24, 2.45) is 0 Å². The maximum Gasteiger partial charge on any atom is 2.00 e. The third-order valence-electron chi connectivity index (χ3n) is 1.16. The zero-order chi connectivity index (χ0) is 6.53. The minimum absolute atomic E-state index is 0. The second-order valence-electron chi connectivity index (χ2n) is 1.84. The van der Waals surface area contributed by atoms with Crippen LogP contribution in [0.5, 0.6) is 0 Å². The van der Waals surface area contributed by atoms with Gasteiger partial charge >= 0.3 is 23.1 Å². The molecular weight excluding hydrogens is 236 g/mol. The summed E-state index contributed by atoms with van der Waals surface area (Å²) < 4.78 is 0. The van der Waals surface area contributed by atoms with Gasteiger partial charge in [0, 0.05) is 0 Å². The quantitative estimate of drug-likeness (QED) is 0.474. The van der Waals surface area contributed by atoms with Crippen molar-refractivity contribution < 1.29 is 17.0 Å². The van der Waals surface area contributed by atoms with Crippen LogP contribution in [0.25, 0.3) is 0 Å².